The van der Waals surface area contributed by atoms with Gasteiger partial charge in [0.1, 0.15) is 5.75 Å². The Morgan fingerprint density at radius 2 is 1.68 bits per heavy atom. The van der Waals surface area contributed by atoms with Crippen molar-refractivity contribution in [1.82, 2.24) is 5.32 Å². The maximum absolute atomic E-state index is 12.1. The fourth-order valence-electron chi connectivity index (χ4n) is 2.42. The first-order chi connectivity index (χ1) is 12.1. The lowest BCUT2D eigenvalue weighted by atomic mass is 10.1. The van der Waals surface area contributed by atoms with Crippen LogP contribution in [0.15, 0.2) is 42.5 Å². The average molecular weight is 341 g/mol. The minimum atomic E-state index is -0.182. The Kier molecular flexibility index (Phi) is 6.46. The van der Waals surface area contributed by atoms with Gasteiger partial charge in [-0.2, -0.15) is 0 Å². The second-order valence-corrected chi connectivity index (χ2v) is 5.48. The number of amides is 1. The van der Waals surface area contributed by atoms with Crippen molar-refractivity contribution in [2.75, 3.05) is 21.3 Å². The summed E-state index contributed by atoms with van der Waals surface area (Å²) in [7, 11) is 4.70. The Morgan fingerprint density at radius 3 is 2.32 bits per heavy atom. The molecule has 0 saturated carbocycles. The van der Waals surface area contributed by atoms with Crippen LogP contribution in [0.25, 0.3) is 6.08 Å². The predicted octanol–water partition coefficient (Wildman–Crippen LogP) is 3.35. The summed E-state index contributed by atoms with van der Waals surface area (Å²) in [6, 6.07) is 11.5. The van der Waals surface area contributed by atoms with E-state index in [4.69, 9.17) is 14.2 Å². The van der Waals surface area contributed by atoms with E-state index in [2.05, 4.69) is 5.32 Å². The fourth-order valence-corrected chi connectivity index (χ4v) is 2.42. The van der Waals surface area contributed by atoms with Crippen LogP contribution in [0.3, 0.4) is 0 Å². The van der Waals surface area contributed by atoms with Crippen LogP contribution in [0.4, 0.5) is 0 Å². The van der Waals surface area contributed by atoms with Crippen LogP contribution in [0, 0.1) is 6.92 Å². The molecule has 5 nitrogen and oxygen atoms in total. The van der Waals surface area contributed by atoms with Crippen molar-refractivity contribution in [2.24, 2.45) is 0 Å². The quantitative estimate of drug-likeness (QED) is 0.785. The predicted molar refractivity (Wildman–Crippen MR) is 98.2 cm³/mol. The van der Waals surface area contributed by atoms with Crippen LogP contribution in [-0.4, -0.2) is 27.2 Å². The molecule has 0 aliphatic heterocycles. The summed E-state index contributed by atoms with van der Waals surface area (Å²) in [5.74, 6) is 1.61. The molecule has 0 heterocycles. The second-order valence-electron chi connectivity index (χ2n) is 5.48. The van der Waals surface area contributed by atoms with Crippen molar-refractivity contribution in [1.29, 1.82) is 0 Å². The molecule has 2 aromatic carbocycles. The first-order valence-electron chi connectivity index (χ1n) is 7.89. The molecule has 0 spiro atoms. The molecule has 0 radical (unpaired) electrons. The van der Waals surface area contributed by atoms with Crippen molar-refractivity contribution in [3.63, 3.8) is 0 Å². The molecule has 132 valence electrons. The van der Waals surface area contributed by atoms with Crippen LogP contribution in [-0.2, 0) is 11.3 Å². The summed E-state index contributed by atoms with van der Waals surface area (Å²) in [5.41, 5.74) is 2.94. The molecular formula is C20H23NO4. The maximum Gasteiger partial charge on any atom is 0.244 e. The van der Waals surface area contributed by atoms with Gasteiger partial charge >= 0.3 is 0 Å². The summed E-state index contributed by atoms with van der Waals surface area (Å²) >= 11 is 0. The molecule has 0 aromatic heterocycles. The topological polar surface area (TPSA) is 56.8 Å². The highest BCUT2D eigenvalue weighted by Crippen LogP contribution is 2.34. The third-order valence-electron chi connectivity index (χ3n) is 3.71. The number of carbonyl (C=O) groups is 1. The number of hydrogen-bond donors (Lipinski definition) is 1. The molecule has 1 N–H and O–H groups in total. The number of aryl methyl sites for hydroxylation is 1. The van der Waals surface area contributed by atoms with E-state index in [0.29, 0.717) is 23.8 Å². The van der Waals surface area contributed by atoms with E-state index >= 15 is 0 Å². The van der Waals surface area contributed by atoms with Crippen molar-refractivity contribution in [3.8, 4) is 17.2 Å². The zero-order valence-corrected chi connectivity index (χ0v) is 15.0. The molecule has 0 saturated heterocycles. The Labute approximate surface area is 148 Å². The largest absolute Gasteiger partial charge is 0.496 e. The molecule has 0 bridgehead atoms. The van der Waals surface area contributed by atoms with Crippen molar-refractivity contribution in [3.05, 3.63) is 59.2 Å². The number of carbonyl (C=O) groups excluding carboxylic acids is 1. The van der Waals surface area contributed by atoms with Gasteiger partial charge in [0.2, 0.25) is 5.91 Å². The molecule has 5 heteroatoms. The minimum Gasteiger partial charge on any atom is -0.496 e. The van der Waals surface area contributed by atoms with E-state index in [-0.39, 0.29) is 5.91 Å². The standard InChI is InChI=1S/C20H23NO4/c1-14-6-5-7-15(10-14)8-9-20(22)21-13-16-11-18(24-3)19(25-4)12-17(16)23-2/h5-12H,13H2,1-4H3,(H,21,22). The van der Waals surface area contributed by atoms with Gasteiger partial charge in [-0.3, -0.25) is 4.79 Å². The van der Waals surface area contributed by atoms with Crippen LogP contribution < -0.4 is 19.5 Å². The molecule has 2 aromatic rings. The molecular weight excluding hydrogens is 318 g/mol. The molecule has 25 heavy (non-hydrogen) atoms. The van der Waals surface area contributed by atoms with Gasteiger partial charge in [-0.05, 0) is 24.6 Å². The van der Waals surface area contributed by atoms with E-state index in [9.17, 15) is 4.79 Å². The molecule has 1 amide bonds. The third kappa shape index (κ3) is 5.01. The monoisotopic (exact) mass is 341 g/mol. The molecule has 2 rings (SSSR count). The minimum absolute atomic E-state index is 0.182. The lowest BCUT2D eigenvalue weighted by Gasteiger charge is -2.14. The van der Waals surface area contributed by atoms with Gasteiger partial charge in [0.25, 0.3) is 0 Å². The van der Waals surface area contributed by atoms with Crippen LogP contribution in [0.2, 0.25) is 0 Å². The van der Waals surface area contributed by atoms with E-state index < -0.39 is 0 Å². The van der Waals surface area contributed by atoms with Gasteiger partial charge in [-0.15, -0.1) is 0 Å². The summed E-state index contributed by atoms with van der Waals surface area (Å²) in [5, 5.41) is 2.85. The molecule has 0 fully saturated rings. The van der Waals surface area contributed by atoms with Crippen molar-refractivity contribution < 1.29 is 19.0 Å². The van der Waals surface area contributed by atoms with Gasteiger partial charge in [0.05, 0.1) is 21.3 Å². The highest BCUT2D eigenvalue weighted by atomic mass is 16.5. The lowest BCUT2D eigenvalue weighted by Crippen LogP contribution is -2.20. The highest BCUT2D eigenvalue weighted by molar-refractivity contribution is 5.91. The van der Waals surface area contributed by atoms with E-state index in [1.54, 1.807) is 39.5 Å². The number of methoxy groups -OCH3 is 3. The summed E-state index contributed by atoms with van der Waals surface area (Å²) in [6.45, 7) is 2.33. The number of hydrogen-bond acceptors (Lipinski definition) is 4. The first-order valence-corrected chi connectivity index (χ1v) is 7.89. The SMILES string of the molecule is COc1cc(OC)c(OC)cc1CNC(=O)C=Cc1cccc(C)c1. The lowest BCUT2D eigenvalue weighted by molar-refractivity contribution is -0.116. The summed E-state index contributed by atoms with van der Waals surface area (Å²) < 4.78 is 15.9. The normalized spacial score (nSPS) is 10.6. The highest BCUT2D eigenvalue weighted by Gasteiger charge is 2.12. The number of ether oxygens (including phenoxy) is 3. The van der Waals surface area contributed by atoms with Gasteiger partial charge in [0, 0.05) is 24.3 Å². The van der Waals surface area contributed by atoms with E-state index in [1.807, 2.05) is 31.2 Å². The molecule has 0 unspecified atom stereocenters. The van der Waals surface area contributed by atoms with Crippen LogP contribution in [0.5, 0.6) is 17.2 Å². The van der Waals surface area contributed by atoms with Gasteiger partial charge in [0.15, 0.2) is 11.5 Å². The summed E-state index contributed by atoms with van der Waals surface area (Å²) in [4.78, 5) is 12.1. The van der Waals surface area contributed by atoms with E-state index in [1.165, 1.54) is 6.08 Å². The van der Waals surface area contributed by atoms with Crippen LogP contribution in [0.1, 0.15) is 16.7 Å². The molecule has 0 atom stereocenters. The van der Waals surface area contributed by atoms with Crippen molar-refractivity contribution >= 4 is 12.0 Å². The van der Waals surface area contributed by atoms with Gasteiger partial charge in [-0.25, -0.2) is 0 Å². The van der Waals surface area contributed by atoms with E-state index in [0.717, 1.165) is 16.7 Å². The second kappa shape index (κ2) is 8.78. The Bertz CT molecular complexity index is 768. The van der Waals surface area contributed by atoms with Gasteiger partial charge in [-0.1, -0.05) is 29.8 Å². The molecule has 0 aliphatic rings. The Hall–Kier alpha value is -2.95. The molecule has 0 aliphatic carbocycles. The zero-order chi connectivity index (χ0) is 18.2. The summed E-state index contributed by atoms with van der Waals surface area (Å²) in [6.07, 6.45) is 3.30. The maximum atomic E-state index is 12.1. The number of nitrogens with one attached hydrogen (secondary N) is 1. The number of benzene rings is 2. The smallest absolute Gasteiger partial charge is 0.244 e. The third-order valence-corrected chi connectivity index (χ3v) is 3.71. The van der Waals surface area contributed by atoms with Crippen LogP contribution >= 0.6 is 0 Å². The zero-order valence-electron chi connectivity index (χ0n) is 15.0. The first kappa shape index (κ1) is 18.4. The average Bonchev–Trinajstić information content (AvgIpc) is 2.63. The van der Waals surface area contributed by atoms with Gasteiger partial charge < -0.3 is 19.5 Å². The Balaban J connectivity index is 2.06. The Morgan fingerprint density at radius 1 is 1.00 bits per heavy atom. The van der Waals surface area contributed by atoms with Crippen molar-refractivity contribution in [2.45, 2.75) is 13.5 Å². The fraction of sp³-hybridized carbons (Fsp3) is 0.250. The number of rotatable bonds is 7.